The van der Waals surface area contributed by atoms with E-state index in [1.807, 2.05) is 6.07 Å². The maximum atomic E-state index is 12.0. The summed E-state index contributed by atoms with van der Waals surface area (Å²) in [6.07, 6.45) is 0. The predicted octanol–water partition coefficient (Wildman–Crippen LogP) is 1.40. The molecule has 1 saturated heterocycles. The number of carbonyl (C=O) groups excluding carboxylic acids is 1. The number of carbonyl (C=O) groups is 1. The monoisotopic (exact) mass is 331 g/mol. The molecule has 1 aromatic carbocycles. The summed E-state index contributed by atoms with van der Waals surface area (Å²) in [5.74, 6) is -0.0691. The lowest BCUT2D eigenvalue weighted by Gasteiger charge is -2.36. The molecule has 2 heterocycles. The van der Waals surface area contributed by atoms with Crippen molar-refractivity contribution in [1.82, 2.24) is 19.8 Å². The van der Waals surface area contributed by atoms with Crippen LogP contribution < -0.4 is 10.2 Å². The van der Waals surface area contributed by atoms with Crippen LogP contribution in [0.5, 0.6) is 0 Å². The Morgan fingerprint density at radius 1 is 1.22 bits per heavy atom. The first-order valence-electron chi connectivity index (χ1n) is 7.83. The number of nitrogens with one attached hydrogen (secondary N) is 1. The highest BCUT2D eigenvalue weighted by Crippen LogP contribution is 2.15. The van der Waals surface area contributed by atoms with Gasteiger partial charge in [0.15, 0.2) is 0 Å². The van der Waals surface area contributed by atoms with Crippen molar-refractivity contribution in [3.05, 3.63) is 40.9 Å². The largest absolute Gasteiger partial charge is 0.369 e. The van der Waals surface area contributed by atoms with Crippen LogP contribution in [0.15, 0.2) is 30.3 Å². The second-order valence-electron chi connectivity index (χ2n) is 5.61. The Kier molecular flexibility index (Phi) is 5.19. The van der Waals surface area contributed by atoms with Crippen LogP contribution >= 0.6 is 11.5 Å². The molecule has 1 N–H and O–H groups in total. The number of rotatable bonds is 5. The molecule has 3 rings (SSSR count). The lowest BCUT2D eigenvalue weighted by Crippen LogP contribution is -2.48. The number of piperazine rings is 1. The van der Waals surface area contributed by atoms with Crippen LogP contribution in [0.3, 0.4) is 0 Å². The van der Waals surface area contributed by atoms with Crippen molar-refractivity contribution in [2.75, 3.05) is 44.2 Å². The molecule has 0 spiro atoms. The van der Waals surface area contributed by atoms with Gasteiger partial charge in [0.05, 0.1) is 5.69 Å². The lowest BCUT2D eigenvalue weighted by molar-refractivity contribution is 0.0951. The standard InChI is InChI=1S/C16H21N5OS/c1-13-15(23-19-18-13)16(22)17-7-8-20-9-11-21(12-10-20)14-5-3-2-4-6-14/h2-6H,7-12H2,1H3,(H,17,22). The highest BCUT2D eigenvalue weighted by atomic mass is 32.1. The Labute approximate surface area is 140 Å². The normalized spacial score (nSPS) is 15.6. The van der Waals surface area contributed by atoms with Crippen LogP contribution in [0.2, 0.25) is 0 Å². The molecule has 0 aliphatic carbocycles. The zero-order chi connectivity index (χ0) is 16.1. The van der Waals surface area contributed by atoms with Gasteiger partial charge in [-0.25, -0.2) is 0 Å². The van der Waals surface area contributed by atoms with Crippen LogP contribution in [-0.2, 0) is 0 Å². The van der Waals surface area contributed by atoms with Crippen molar-refractivity contribution in [2.24, 2.45) is 0 Å². The number of amides is 1. The van der Waals surface area contributed by atoms with Crippen LogP contribution in [0.4, 0.5) is 5.69 Å². The zero-order valence-corrected chi connectivity index (χ0v) is 14.1. The first-order valence-corrected chi connectivity index (χ1v) is 8.61. The maximum Gasteiger partial charge on any atom is 0.264 e. The Hall–Kier alpha value is -1.99. The summed E-state index contributed by atoms with van der Waals surface area (Å²) in [6, 6.07) is 10.5. The van der Waals surface area contributed by atoms with Gasteiger partial charge in [-0.2, -0.15) is 0 Å². The molecule has 1 aliphatic heterocycles. The minimum absolute atomic E-state index is 0.0691. The van der Waals surface area contributed by atoms with Crippen molar-refractivity contribution in [1.29, 1.82) is 0 Å². The average molecular weight is 331 g/mol. The highest BCUT2D eigenvalue weighted by molar-refractivity contribution is 7.07. The second kappa shape index (κ2) is 7.52. The summed E-state index contributed by atoms with van der Waals surface area (Å²) in [7, 11) is 0. The van der Waals surface area contributed by atoms with Crippen LogP contribution in [0.25, 0.3) is 0 Å². The zero-order valence-electron chi connectivity index (χ0n) is 13.2. The smallest absolute Gasteiger partial charge is 0.264 e. The third-order valence-corrected chi connectivity index (χ3v) is 4.89. The molecule has 1 aliphatic rings. The molecule has 1 aromatic heterocycles. The molecular weight excluding hydrogens is 310 g/mol. The Balaban J connectivity index is 1.40. The van der Waals surface area contributed by atoms with Gasteiger partial charge in [0.2, 0.25) is 0 Å². The van der Waals surface area contributed by atoms with Crippen LogP contribution in [0.1, 0.15) is 15.4 Å². The van der Waals surface area contributed by atoms with Gasteiger partial charge in [-0.1, -0.05) is 22.7 Å². The Morgan fingerprint density at radius 2 is 1.96 bits per heavy atom. The van der Waals surface area contributed by atoms with Gasteiger partial charge >= 0.3 is 0 Å². The minimum atomic E-state index is -0.0691. The fourth-order valence-corrected chi connectivity index (χ4v) is 3.29. The molecule has 0 saturated carbocycles. The van der Waals surface area contributed by atoms with E-state index < -0.39 is 0 Å². The van der Waals surface area contributed by atoms with Crippen molar-refractivity contribution in [3.8, 4) is 0 Å². The molecular formula is C16H21N5OS. The van der Waals surface area contributed by atoms with E-state index >= 15 is 0 Å². The molecule has 2 aromatic rings. The molecule has 1 amide bonds. The average Bonchev–Trinajstić information content (AvgIpc) is 3.02. The van der Waals surface area contributed by atoms with E-state index in [4.69, 9.17) is 0 Å². The molecule has 7 heteroatoms. The van der Waals surface area contributed by atoms with E-state index in [1.54, 1.807) is 6.92 Å². The molecule has 0 radical (unpaired) electrons. The molecule has 6 nitrogen and oxygen atoms in total. The van der Waals surface area contributed by atoms with E-state index in [2.05, 4.69) is 49.0 Å². The van der Waals surface area contributed by atoms with Crippen molar-refractivity contribution < 1.29 is 4.79 Å². The van der Waals surface area contributed by atoms with E-state index in [0.717, 1.165) is 44.3 Å². The van der Waals surface area contributed by atoms with Crippen LogP contribution in [-0.4, -0.2) is 59.7 Å². The summed E-state index contributed by atoms with van der Waals surface area (Å²) in [5, 5.41) is 6.82. The number of hydrogen-bond donors (Lipinski definition) is 1. The molecule has 1 fully saturated rings. The minimum Gasteiger partial charge on any atom is -0.369 e. The number of nitrogens with zero attached hydrogens (tertiary/aromatic N) is 4. The third-order valence-electron chi connectivity index (χ3n) is 4.06. The number of hydrogen-bond acceptors (Lipinski definition) is 6. The SMILES string of the molecule is Cc1nnsc1C(=O)NCCN1CCN(c2ccccc2)CC1. The van der Waals surface area contributed by atoms with Crippen molar-refractivity contribution >= 4 is 23.1 Å². The maximum absolute atomic E-state index is 12.0. The molecule has 0 unspecified atom stereocenters. The lowest BCUT2D eigenvalue weighted by atomic mass is 10.2. The number of para-hydroxylation sites is 1. The van der Waals surface area contributed by atoms with Gasteiger partial charge < -0.3 is 10.2 Å². The van der Waals surface area contributed by atoms with E-state index in [1.165, 1.54) is 5.69 Å². The van der Waals surface area contributed by atoms with Gasteiger partial charge in [-0.3, -0.25) is 9.69 Å². The molecule has 23 heavy (non-hydrogen) atoms. The van der Waals surface area contributed by atoms with Crippen molar-refractivity contribution in [3.63, 3.8) is 0 Å². The summed E-state index contributed by atoms with van der Waals surface area (Å²) in [6.45, 7) is 7.42. The van der Waals surface area contributed by atoms with Gasteiger partial charge in [0.1, 0.15) is 4.88 Å². The number of aryl methyl sites for hydroxylation is 1. The Bertz CT molecular complexity index is 637. The predicted molar refractivity (Wildman–Crippen MR) is 92.1 cm³/mol. The van der Waals surface area contributed by atoms with E-state index in [-0.39, 0.29) is 5.91 Å². The summed E-state index contributed by atoms with van der Waals surface area (Å²) in [4.78, 5) is 17.4. The number of aromatic nitrogens is 2. The quantitative estimate of drug-likeness (QED) is 0.897. The summed E-state index contributed by atoms with van der Waals surface area (Å²) < 4.78 is 3.79. The third kappa shape index (κ3) is 4.05. The number of anilines is 1. The molecule has 122 valence electrons. The first kappa shape index (κ1) is 15.9. The van der Waals surface area contributed by atoms with Crippen LogP contribution in [0, 0.1) is 6.92 Å². The van der Waals surface area contributed by atoms with E-state index in [0.29, 0.717) is 17.1 Å². The Morgan fingerprint density at radius 3 is 2.61 bits per heavy atom. The topological polar surface area (TPSA) is 61.4 Å². The number of benzene rings is 1. The molecule has 0 bridgehead atoms. The summed E-state index contributed by atoms with van der Waals surface area (Å²) in [5.41, 5.74) is 1.98. The highest BCUT2D eigenvalue weighted by Gasteiger charge is 2.17. The fourth-order valence-electron chi connectivity index (χ4n) is 2.72. The first-order chi connectivity index (χ1) is 11.2. The van der Waals surface area contributed by atoms with Gasteiger partial charge in [-0.15, -0.1) is 5.10 Å². The second-order valence-corrected chi connectivity index (χ2v) is 6.36. The molecule has 0 atom stereocenters. The fraction of sp³-hybridized carbons (Fsp3) is 0.438. The van der Waals surface area contributed by atoms with Gasteiger partial charge in [-0.05, 0) is 30.6 Å². The summed E-state index contributed by atoms with van der Waals surface area (Å²) >= 11 is 1.15. The van der Waals surface area contributed by atoms with E-state index in [9.17, 15) is 4.79 Å². The van der Waals surface area contributed by atoms with Crippen molar-refractivity contribution in [2.45, 2.75) is 6.92 Å². The van der Waals surface area contributed by atoms with Gasteiger partial charge in [0.25, 0.3) is 5.91 Å². The van der Waals surface area contributed by atoms with Gasteiger partial charge in [0, 0.05) is 45.0 Å².